The van der Waals surface area contributed by atoms with Gasteiger partial charge in [0.1, 0.15) is 0 Å². The molecule has 3 N–H and O–H groups in total. The number of carbonyl (C=O) groups is 1. The van der Waals surface area contributed by atoms with Gasteiger partial charge in [-0.2, -0.15) is 0 Å². The summed E-state index contributed by atoms with van der Waals surface area (Å²) in [6.07, 6.45) is 0. The number of hydrogen-bond donors (Lipinski definition) is 3. The maximum absolute atomic E-state index is 9.73. The summed E-state index contributed by atoms with van der Waals surface area (Å²) in [6, 6.07) is 0. The van der Waals surface area contributed by atoms with Crippen molar-refractivity contribution in [2.45, 2.75) is 0 Å². The van der Waals surface area contributed by atoms with Crippen LogP contribution in [-0.4, -0.2) is 65.4 Å². The Labute approximate surface area is 75.5 Å². The molecule has 0 saturated carbocycles. The van der Waals surface area contributed by atoms with Gasteiger partial charge in [-0.15, -0.1) is 0 Å². The Bertz CT molecular complexity index is 78.2. The third-order valence-electron chi connectivity index (χ3n) is 0.565. The summed E-state index contributed by atoms with van der Waals surface area (Å²) in [6.45, 7) is 0.236. The number of nitrogens with one attached hydrogen (secondary N) is 1. The number of carboxylic acid groups (broad SMARTS) is 1. The maximum atomic E-state index is 9.73. The molecule has 0 aliphatic carbocycles. The second-order valence-electron chi connectivity index (χ2n) is 1.29. The van der Waals surface area contributed by atoms with Gasteiger partial charge in [0.15, 0.2) is 0 Å². The molecule has 0 spiro atoms. The molecule has 0 fully saturated rings. The van der Waals surface area contributed by atoms with Crippen LogP contribution in [0.2, 0.25) is 0 Å². The maximum Gasteiger partial charge on any atom is 0.317 e. The monoisotopic (exact) mass is 142 g/mol. The van der Waals surface area contributed by atoms with Gasteiger partial charge in [-0.1, -0.05) is 0 Å². The molecule has 49 valence electrons. The molecule has 1 radical (unpaired) electrons. The first-order chi connectivity index (χ1) is 3.77. The van der Waals surface area contributed by atoms with E-state index in [4.69, 9.17) is 10.2 Å². The number of aliphatic hydroxyl groups excluding tert-OH is 1. The summed E-state index contributed by atoms with van der Waals surface area (Å²) in [5.74, 6) is -0.904. The van der Waals surface area contributed by atoms with Crippen LogP contribution in [0.5, 0.6) is 0 Å². The summed E-state index contributed by atoms with van der Waals surface area (Å²) in [5, 5.41) is 18.6. The van der Waals surface area contributed by atoms with Gasteiger partial charge in [-0.05, 0) is 0 Å². The summed E-state index contributed by atoms with van der Waals surface area (Å²) in [7, 11) is 0. The summed E-state index contributed by atoms with van der Waals surface area (Å²) < 4.78 is 0. The van der Waals surface area contributed by atoms with Crippen LogP contribution in [0.3, 0.4) is 0 Å². The Morgan fingerprint density at radius 1 is 1.56 bits per heavy atom. The van der Waals surface area contributed by atoms with Crippen LogP contribution in [0.15, 0.2) is 0 Å². The van der Waals surface area contributed by atoms with E-state index in [1.807, 2.05) is 0 Å². The minimum atomic E-state index is -0.904. The van der Waals surface area contributed by atoms with E-state index >= 15 is 0 Å². The zero-order valence-electron chi connectivity index (χ0n) is 5.42. The van der Waals surface area contributed by atoms with Crippen molar-refractivity contribution >= 4 is 35.5 Å². The first-order valence-electron chi connectivity index (χ1n) is 2.30. The van der Waals surface area contributed by atoms with Crippen LogP contribution in [0.1, 0.15) is 0 Å². The van der Waals surface area contributed by atoms with Crippen molar-refractivity contribution in [1.29, 1.82) is 0 Å². The van der Waals surface area contributed by atoms with E-state index in [0.717, 1.165) is 0 Å². The van der Waals surface area contributed by atoms with Gasteiger partial charge in [0.05, 0.1) is 13.2 Å². The van der Waals surface area contributed by atoms with E-state index in [1.54, 1.807) is 0 Å². The SMILES string of the molecule is O=C(O)CNCCO.[Na]. The van der Waals surface area contributed by atoms with Gasteiger partial charge in [0.2, 0.25) is 0 Å². The quantitative estimate of drug-likeness (QED) is 0.322. The Kier molecular flexibility index (Phi) is 11.3. The molecule has 0 aliphatic rings. The second-order valence-corrected chi connectivity index (χ2v) is 1.29. The number of rotatable bonds is 4. The Balaban J connectivity index is 0. The van der Waals surface area contributed by atoms with Crippen molar-refractivity contribution in [2.75, 3.05) is 19.7 Å². The molecule has 0 heterocycles. The molecule has 0 aliphatic heterocycles. The fourth-order valence-electron chi connectivity index (χ4n) is 0.274. The van der Waals surface area contributed by atoms with Gasteiger partial charge in [0.25, 0.3) is 0 Å². The molecule has 0 aromatic carbocycles. The van der Waals surface area contributed by atoms with Crippen LogP contribution in [0.25, 0.3) is 0 Å². The van der Waals surface area contributed by atoms with E-state index in [2.05, 4.69) is 5.32 Å². The molecule has 0 atom stereocenters. The van der Waals surface area contributed by atoms with E-state index in [9.17, 15) is 4.79 Å². The van der Waals surface area contributed by atoms with Crippen LogP contribution in [-0.2, 0) is 4.79 Å². The fourth-order valence-corrected chi connectivity index (χ4v) is 0.274. The molecule has 5 heteroatoms. The predicted octanol–water partition coefficient (Wildman–Crippen LogP) is -1.73. The Morgan fingerprint density at radius 3 is 2.44 bits per heavy atom. The summed E-state index contributed by atoms with van der Waals surface area (Å²) in [4.78, 5) is 9.73. The van der Waals surface area contributed by atoms with Gasteiger partial charge < -0.3 is 15.5 Å². The van der Waals surface area contributed by atoms with Crippen molar-refractivity contribution in [3.8, 4) is 0 Å². The third kappa shape index (κ3) is 11.8. The van der Waals surface area contributed by atoms with Crippen LogP contribution in [0, 0.1) is 0 Å². The first kappa shape index (κ1) is 12.1. The average molecular weight is 142 g/mol. The van der Waals surface area contributed by atoms with E-state index in [-0.39, 0.29) is 42.7 Å². The van der Waals surface area contributed by atoms with Crippen molar-refractivity contribution in [3.05, 3.63) is 0 Å². The zero-order chi connectivity index (χ0) is 6.41. The molecule has 4 nitrogen and oxygen atoms in total. The molecule has 0 aromatic heterocycles. The minimum Gasteiger partial charge on any atom is -0.480 e. The fraction of sp³-hybridized carbons (Fsp3) is 0.750. The third-order valence-corrected chi connectivity index (χ3v) is 0.565. The first-order valence-corrected chi connectivity index (χ1v) is 2.30. The van der Waals surface area contributed by atoms with E-state index < -0.39 is 5.97 Å². The molecule has 9 heavy (non-hydrogen) atoms. The van der Waals surface area contributed by atoms with Crippen molar-refractivity contribution in [2.24, 2.45) is 0 Å². The number of carboxylic acids is 1. The Hall–Kier alpha value is 0.390. The smallest absolute Gasteiger partial charge is 0.317 e. The number of hydrogen-bond acceptors (Lipinski definition) is 3. The number of aliphatic carboxylic acids is 1. The molecule has 0 amide bonds. The van der Waals surface area contributed by atoms with Crippen molar-refractivity contribution in [3.63, 3.8) is 0 Å². The topological polar surface area (TPSA) is 69.6 Å². The van der Waals surface area contributed by atoms with Gasteiger partial charge in [0, 0.05) is 36.1 Å². The van der Waals surface area contributed by atoms with Gasteiger partial charge >= 0.3 is 5.97 Å². The molecular weight excluding hydrogens is 133 g/mol. The Morgan fingerprint density at radius 2 is 2.11 bits per heavy atom. The van der Waals surface area contributed by atoms with Crippen LogP contribution in [0.4, 0.5) is 0 Å². The molecular formula is C4H9NNaO3. The normalized spacial score (nSPS) is 8.11. The molecule has 0 unspecified atom stereocenters. The van der Waals surface area contributed by atoms with Crippen molar-refractivity contribution < 1.29 is 15.0 Å². The molecule has 0 rings (SSSR count). The summed E-state index contributed by atoms with van der Waals surface area (Å²) in [5.41, 5.74) is 0. The van der Waals surface area contributed by atoms with E-state index in [0.29, 0.717) is 6.54 Å². The standard InChI is InChI=1S/C4H9NO3.Na/c6-2-1-5-3-4(7)8;/h5-6H,1-3H2,(H,7,8);. The average Bonchev–Trinajstić information content (AvgIpc) is 1.66. The largest absolute Gasteiger partial charge is 0.480 e. The zero-order valence-corrected chi connectivity index (χ0v) is 7.42. The molecule has 0 aromatic rings. The minimum absolute atomic E-state index is 0. The van der Waals surface area contributed by atoms with Crippen molar-refractivity contribution in [1.82, 2.24) is 5.32 Å². The van der Waals surface area contributed by atoms with Gasteiger partial charge in [-0.3, -0.25) is 4.79 Å². The molecule has 0 saturated heterocycles. The molecule has 0 bridgehead atoms. The van der Waals surface area contributed by atoms with Crippen LogP contribution < -0.4 is 5.32 Å². The predicted molar refractivity (Wildman–Crippen MR) is 33.3 cm³/mol. The number of aliphatic hydroxyl groups is 1. The van der Waals surface area contributed by atoms with Crippen LogP contribution >= 0.6 is 0 Å². The van der Waals surface area contributed by atoms with Gasteiger partial charge in [-0.25, -0.2) is 0 Å². The summed E-state index contributed by atoms with van der Waals surface area (Å²) >= 11 is 0. The second kappa shape index (κ2) is 8.39. The van der Waals surface area contributed by atoms with E-state index in [1.165, 1.54) is 0 Å².